The van der Waals surface area contributed by atoms with Gasteiger partial charge in [0.1, 0.15) is 0 Å². The van der Waals surface area contributed by atoms with Crippen molar-refractivity contribution in [2.45, 2.75) is 18.9 Å². The number of hydrogen-bond donors (Lipinski definition) is 1. The van der Waals surface area contributed by atoms with Crippen molar-refractivity contribution < 1.29 is 14.6 Å². The summed E-state index contributed by atoms with van der Waals surface area (Å²) >= 11 is 0. The van der Waals surface area contributed by atoms with Gasteiger partial charge in [0.05, 0.1) is 19.1 Å². The largest absolute Gasteiger partial charge is 0.481 e. The van der Waals surface area contributed by atoms with E-state index in [-0.39, 0.29) is 12.5 Å². The normalized spacial score (nSPS) is 21.3. The first-order valence-corrected chi connectivity index (χ1v) is 4.59. The van der Waals surface area contributed by atoms with Crippen molar-refractivity contribution in [3.05, 3.63) is 18.0 Å². The molecule has 1 unspecified atom stereocenters. The molecule has 0 bridgehead atoms. The minimum atomic E-state index is -0.828. The van der Waals surface area contributed by atoms with Crippen molar-refractivity contribution in [1.82, 2.24) is 9.78 Å². The predicted octanol–water partition coefficient (Wildman–Crippen LogP) is 0.472. The predicted molar refractivity (Wildman–Crippen MR) is 48.0 cm³/mol. The highest BCUT2D eigenvalue weighted by molar-refractivity contribution is 5.69. The molecule has 5 nitrogen and oxygen atoms in total. The van der Waals surface area contributed by atoms with Crippen molar-refractivity contribution in [3.8, 4) is 0 Å². The molecule has 0 amide bonds. The number of aliphatic carboxylic acids is 1. The summed E-state index contributed by atoms with van der Waals surface area (Å²) in [4.78, 5) is 10.6. The summed E-state index contributed by atoms with van der Waals surface area (Å²) < 4.78 is 7.00. The summed E-state index contributed by atoms with van der Waals surface area (Å²) in [5.41, 5.74) is 0.744. The van der Waals surface area contributed by atoms with Crippen LogP contribution in [0.1, 0.15) is 18.2 Å². The molecule has 1 aliphatic rings. The fourth-order valence-corrected chi connectivity index (χ4v) is 1.68. The molecule has 1 fully saturated rings. The number of carboxylic acids is 1. The molecule has 5 heteroatoms. The number of nitrogens with zero attached hydrogens (tertiary/aromatic N) is 2. The van der Waals surface area contributed by atoms with E-state index in [1.54, 1.807) is 16.9 Å². The average molecular weight is 196 g/mol. The van der Waals surface area contributed by atoms with Crippen molar-refractivity contribution in [3.63, 3.8) is 0 Å². The third kappa shape index (κ3) is 1.77. The molecule has 1 aromatic heterocycles. The summed E-state index contributed by atoms with van der Waals surface area (Å²) in [6, 6.07) is 1.95. The van der Waals surface area contributed by atoms with Crippen LogP contribution in [-0.4, -0.2) is 34.1 Å². The first-order valence-electron chi connectivity index (χ1n) is 4.59. The van der Waals surface area contributed by atoms with E-state index in [1.165, 1.54) is 0 Å². The van der Waals surface area contributed by atoms with E-state index in [2.05, 4.69) is 5.10 Å². The Morgan fingerprint density at radius 2 is 2.64 bits per heavy atom. The number of rotatable bonds is 3. The van der Waals surface area contributed by atoms with Crippen molar-refractivity contribution in [2.24, 2.45) is 0 Å². The number of aromatic nitrogens is 2. The van der Waals surface area contributed by atoms with E-state index in [0.29, 0.717) is 6.61 Å². The van der Waals surface area contributed by atoms with Gasteiger partial charge in [-0.15, -0.1) is 0 Å². The fraction of sp³-hybridized carbons (Fsp3) is 0.556. The lowest BCUT2D eigenvalue weighted by molar-refractivity contribution is -0.136. The average Bonchev–Trinajstić information content (AvgIpc) is 2.70. The molecule has 1 aliphatic heterocycles. The Morgan fingerprint density at radius 3 is 3.29 bits per heavy atom. The summed E-state index contributed by atoms with van der Waals surface area (Å²) in [7, 11) is 0. The fourth-order valence-electron chi connectivity index (χ4n) is 1.68. The number of carboxylic acid groups (broad SMARTS) is 1. The van der Waals surface area contributed by atoms with Gasteiger partial charge in [0.15, 0.2) is 0 Å². The minimum Gasteiger partial charge on any atom is -0.481 e. The molecule has 1 saturated heterocycles. The van der Waals surface area contributed by atoms with Gasteiger partial charge in [0.25, 0.3) is 0 Å². The maximum atomic E-state index is 10.6. The molecule has 0 spiro atoms. The Bertz CT molecular complexity index is 329. The number of carbonyl (C=O) groups is 1. The lowest BCUT2D eigenvalue weighted by Gasteiger charge is -2.11. The van der Waals surface area contributed by atoms with E-state index in [0.717, 1.165) is 18.7 Å². The monoisotopic (exact) mass is 196 g/mol. The van der Waals surface area contributed by atoms with Gasteiger partial charge in [-0.1, -0.05) is 0 Å². The van der Waals surface area contributed by atoms with E-state index in [9.17, 15) is 4.79 Å². The van der Waals surface area contributed by atoms with E-state index in [4.69, 9.17) is 9.84 Å². The zero-order valence-electron chi connectivity index (χ0n) is 7.72. The molecule has 1 aromatic rings. The number of hydrogen-bond acceptors (Lipinski definition) is 3. The van der Waals surface area contributed by atoms with Gasteiger partial charge in [-0.3, -0.25) is 9.48 Å². The molecule has 0 aromatic carbocycles. The Balaban J connectivity index is 2.15. The van der Waals surface area contributed by atoms with Crippen LogP contribution >= 0.6 is 0 Å². The van der Waals surface area contributed by atoms with Crippen LogP contribution in [0.2, 0.25) is 0 Å². The van der Waals surface area contributed by atoms with E-state index >= 15 is 0 Å². The smallest absolute Gasteiger partial charge is 0.309 e. The lowest BCUT2D eigenvalue weighted by atomic mass is 10.2. The van der Waals surface area contributed by atoms with Crippen molar-refractivity contribution in [1.29, 1.82) is 0 Å². The highest BCUT2D eigenvalue weighted by atomic mass is 16.5. The Kier molecular flexibility index (Phi) is 2.49. The van der Waals surface area contributed by atoms with Gasteiger partial charge in [-0.2, -0.15) is 5.10 Å². The molecule has 2 heterocycles. The number of ether oxygens (including phenoxy) is 1. The summed E-state index contributed by atoms with van der Waals surface area (Å²) in [6.45, 7) is 1.37. The lowest BCUT2D eigenvalue weighted by Crippen LogP contribution is -2.15. The maximum absolute atomic E-state index is 10.6. The molecule has 1 atom stereocenters. The molecular weight excluding hydrogens is 184 g/mol. The third-order valence-electron chi connectivity index (χ3n) is 2.34. The zero-order valence-corrected chi connectivity index (χ0v) is 7.72. The maximum Gasteiger partial charge on any atom is 0.309 e. The van der Waals surface area contributed by atoms with Crippen LogP contribution in [-0.2, 0) is 16.0 Å². The van der Waals surface area contributed by atoms with Crippen LogP contribution in [0, 0.1) is 0 Å². The molecule has 14 heavy (non-hydrogen) atoms. The van der Waals surface area contributed by atoms with Gasteiger partial charge >= 0.3 is 5.97 Å². The van der Waals surface area contributed by atoms with E-state index in [1.807, 2.05) is 0 Å². The molecule has 0 radical (unpaired) electrons. The molecular formula is C9H12N2O3. The second-order valence-electron chi connectivity index (χ2n) is 3.36. The third-order valence-corrected chi connectivity index (χ3v) is 2.34. The molecule has 1 N–H and O–H groups in total. The topological polar surface area (TPSA) is 64.3 Å². The van der Waals surface area contributed by atoms with Crippen LogP contribution in [0.25, 0.3) is 0 Å². The zero-order chi connectivity index (χ0) is 9.97. The van der Waals surface area contributed by atoms with Gasteiger partial charge in [0, 0.05) is 18.5 Å². The summed E-state index contributed by atoms with van der Waals surface area (Å²) in [6.07, 6.45) is 2.57. The van der Waals surface area contributed by atoms with Gasteiger partial charge < -0.3 is 9.84 Å². The molecule has 2 rings (SSSR count). The van der Waals surface area contributed by atoms with Crippen LogP contribution in [0.15, 0.2) is 12.3 Å². The second-order valence-corrected chi connectivity index (χ2v) is 3.36. The van der Waals surface area contributed by atoms with Crippen molar-refractivity contribution in [2.75, 3.05) is 13.2 Å². The Hall–Kier alpha value is -1.36. The van der Waals surface area contributed by atoms with Gasteiger partial charge in [-0.25, -0.2) is 0 Å². The highest BCUT2D eigenvalue weighted by Gasteiger charge is 2.20. The highest BCUT2D eigenvalue weighted by Crippen LogP contribution is 2.19. The first kappa shape index (κ1) is 9.21. The molecule has 0 saturated carbocycles. The second kappa shape index (κ2) is 3.79. The van der Waals surface area contributed by atoms with Crippen LogP contribution < -0.4 is 0 Å². The Labute approximate surface area is 81.3 Å². The van der Waals surface area contributed by atoms with Crippen molar-refractivity contribution >= 4 is 5.97 Å². The van der Waals surface area contributed by atoms with Crippen LogP contribution in [0.4, 0.5) is 0 Å². The van der Waals surface area contributed by atoms with Crippen LogP contribution in [0.3, 0.4) is 0 Å². The minimum absolute atomic E-state index is 0.0243. The standard InChI is InChI=1S/C9H12N2O3/c12-9(13)5-7-1-3-10-11(7)8-2-4-14-6-8/h1,3,8H,2,4-6H2,(H,12,13). The quantitative estimate of drug-likeness (QED) is 0.763. The molecule has 0 aliphatic carbocycles. The van der Waals surface area contributed by atoms with Gasteiger partial charge in [0.2, 0.25) is 0 Å². The van der Waals surface area contributed by atoms with E-state index < -0.39 is 5.97 Å². The molecule has 76 valence electrons. The summed E-state index contributed by atoms with van der Waals surface area (Å²) in [5, 5.41) is 12.8. The SMILES string of the molecule is O=C(O)Cc1ccnn1C1CCOC1. The first-order chi connectivity index (χ1) is 6.77. The van der Waals surface area contributed by atoms with Gasteiger partial charge in [-0.05, 0) is 12.5 Å². The van der Waals surface area contributed by atoms with Crippen LogP contribution in [0.5, 0.6) is 0 Å². The Morgan fingerprint density at radius 1 is 1.79 bits per heavy atom. The summed E-state index contributed by atoms with van der Waals surface area (Å²) in [5.74, 6) is -0.828.